The highest BCUT2D eigenvalue weighted by Crippen LogP contribution is 2.41. The van der Waals surface area contributed by atoms with E-state index in [-0.39, 0.29) is 5.41 Å². The van der Waals surface area contributed by atoms with Crippen molar-refractivity contribution in [1.82, 2.24) is 0 Å². The molecule has 0 aliphatic carbocycles. The molecule has 0 bridgehead atoms. The van der Waals surface area contributed by atoms with Crippen molar-refractivity contribution in [2.24, 2.45) is 5.92 Å². The fourth-order valence-electron chi connectivity index (χ4n) is 3.29. The van der Waals surface area contributed by atoms with Gasteiger partial charge < -0.3 is 0 Å². The molecule has 0 amide bonds. The summed E-state index contributed by atoms with van der Waals surface area (Å²) >= 11 is 0. The lowest BCUT2D eigenvalue weighted by molar-refractivity contribution is -0.434. The molecule has 0 N–H and O–H groups in total. The van der Waals surface area contributed by atoms with Gasteiger partial charge in [0.2, 0.25) is 5.69 Å². The van der Waals surface area contributed by atoms with Crippen molar-refractivity contribution in [3.05, 3.63) is 29.3 Å². The Labute approximate surface area is 118 Å². The van der Waals surface area contributed by atoms with Crippen LogP contribution in [0.5, 0.6) is 0 Å². The van der Waals surface area contributed by atoms with Crippen LogP contribution < -0.4 is 0 Å². The molecule has 0 saturated heterocycles. The van der Waals surface area contributed by atoms with Gasteiger partial charge in [-0.2, -0.15) is 4.58 Å². The Hall–Kier alpha value is -1.11. The summed E-state index contributed by atoms with van der Waals surface area (Å²) in [5.41, 5.74) is 6.22. The predicted molar refractivity (Wildman–Crippen MR) is 83.8 cm³/mol. The quantitative estimate of drug-likeness (QED) is 0.689. The van der Waals surface area contributed by atoms with E-state index in [4.69, 9.17) is 0 Å². The van der Waals surface area contributed by atoms with Crippen molar-refractivity contribution >= 4 is 11.4 Å². The summed E-state index contributed by atoms with van der Waals surface area (Å²) in [5, 5.41) is 0. The minimum atomic E-state index is 0.179. The lowest BCUT2D eigenvalue weighted by Crippen LogP contribution is -2.27. The molecule has 104 valence electrons. The zero-order valence-electron chi connectivity index (χ0n) is 13.4. The standard InChI is InChI=1S/C18H28N/c1-7-19-14(4)18(5,6)17-15(12-11-13(2)3)9-8-10-16(17)19/h8-10,13H,7,11-12H2,1-6H3/q+1. The molecule has 0 saturated carbocycles. The van der Waals surface area contributed by atoms with Crippen molar-refractivity contribution in [3.8, 4) is 0 Å². The van der Waals surface area contributed by atoms with Gasteiger partial charge >= 0.3 is 0 Å². The van der Waals surface area contributed by atoms with Crippen LogP contribution in [0, 0.1) is 5.92 Å². The lowest BCUT2D eigenvalue weighted by atomic mass is 9.78. The minimum Gasteiger partial charge on any atom is -0.199 e. The maximum absolute atomic E-state index is 2.48. The van der Waals surface area contributed by atoms with Crippen LogP contribution in [0.25, 0.3) is 0 Å². The number of nitrogens with zero attached hydrogens (tertiary/aromatic N) is 1. The van der Waals surface area contributed by atoms with Gasteiger partial charge in [0.25, 0.3) is 0 Å². The number of fused-ring (bicyclic) bond motifs is 1. The van der Waals surface area contributed by atoms with E-state index in [0.717, 1.165) is 12.5 Å². The van der Waals surface area contributed by atoms with Gasteiger partial charge in [0, 0.05) is 18.6 Å². The van der Waals surface area contributed by atoms with Gasteiger partial charge in [-0.05, 0) is 45.1 Å². The van der Waals surface area contributed by atoms with Gasteiger partial charge in [0.1, 0.15) is 6.54 Å². The number of rotatable bonds is 4. The second kappa shape index (κ2) is 5.11. The number of aryl methyl sites for hydroxylation is 1. The average molecular weight is 258 g/mol. The van der Waals surface area contributed by atoms with Crippen LogP contribution in [0.2, 0.25) is 0 Å². The van der Waals surface area contributed by atoms with Crippen LogP contribution in [0.15, 0.2) is 18.2 Å². The van der Waals surface area contributed by atoms with E-state index in [0.29, 0.717) is 0 Å². The third kappa shape index (κ3) is 2.35. The molecule has 0 spiro atoms. The molecule has 1 aromatic carbocycles. The van der Waals surface area contributed by atoms with Gasteiger partial charge in [0.15, 0.2) is 5.71 Å². The fourth-order valence-corrected chi connectivity index (χ4v) is 3.29. The molecule has 0 unspecified atom stereocenters. The number of hydrogen-bond donors (Lipinski definition) is 0. The van der Waals surface area contributed by atoms with E-state index in [2.05, 4.69) is 64.3 Å². The van der Waals surface area contributed by atoms with Crippen molar-refractivity contribution in [2.45, 2.75) is 59.8 Å². The minimum absolute atomic E-state index is 0.179. The molecule has 1 aromatic rings. The Bertz CT molecular complexity index is 506. The Morgan fingerprint density at radius 1 is 1.21 bits per heavy atom. The summed E-state index contributed by atoms with van der Waals surface area (Å²) in [6, 6.07) is 6.84. The van der Waals surface area contributed by atoms with E-state index in [9.17, 15) is 0 Å². The Morgan fingerprint density at radius 3 is 2.47 bits per heavy atom. The normalized spacial score (nSPS) is 17.2. The van der Waals surface area contributed by atoms with Crippen LogP contribution in [0.3, 0.4) is 0 Å². The maximum Gasteiger partial charge on any atom is 0.209 e. The molecule has 0 fully saturated rings. The highest BCUT2D eigenvalue weighted by Gasteiger charge is 2.43. The largest absolute Gasteiger partial charge is 0.209 e. The highest BCUT2D eigenvalue weighted by atomic mass is 15.0. The van der Waals surface area contributed by atoms with E-state index < -0.39 is 0 Å². The summed E-state index contributed by atoms with van der Waals surface area (Å²) in [6.45, 7) is 15.0. The van der Waals surface area contributed by atoms with Crippen LogP contribution in [-0.2, 0) is 11.8 Å². The number of hydrogen-bond acceptors (Lipinski definition) is 0. The molecule has 1 heteroatoms. The van der Waals surface area contributed by atoms with Crippen molar-refractivity contribution in [1.29, 1.82) is 0 Å². The topological polar surface area (TPSA) is 3.01 Å². The van der Waals surface area contributed by atoms with Crippen LogP contribution in [0.1, 0.15) is 59.1 Å². The third-order valence-electron chi connectivity index (χ3n) is 4.66. The molecule has 1 heterocycles. The van der Waals surface area contributed by atoms with Gasteiger partial charge in [0.05, 0.1) is 5.41 Å². The Morgan fingerprint density at radius 2 is 1.89 bits per heavy atom. The molecule has 1 aliphatic heterocycles. The Kier molecular flexibility index (Phi) is 3.85. The molecule has 0 radical (unpaired) electrons. The van der Waals surface area contributed by atoms with E-state index in [1.165, 1.54) is 24.2 Å². The van der Waals surface area contributed by atoms with Gasteiger partial charge in [-0.1, -0.05) is 26.0 Å². The first-order valence-electron chi connectivity index (χ1n) is 7.63. The SMILES string of the molecule is CC[N+]1=C(C)C(C)(C)c2c(CCC(C)C)cccc21. The van der Waals surface area contributed by atoms with E-state index in [1.807, 2.05) is 0 Å². The van der Waals surface area contributed by atoms with Crippen molar-refractivity contribution < 1.29 is 4.58 Å². The van der Waals surface area contributed by atoms with E-state index >= 15 is 0 Å². The van der Waals surface area contributed by atoms with Crippen LogP contribution in [-0.4, -0.2) is 16.8 Å². The first-order valence-corrected chi connectivity index (χ1v) is 7.63. The summed E-state index contributed by atoms with van der Waals surface area (Å²) in [5.74, 6) is 0.771. The zero-order chi connectivity index (χ0) is 14.2. The molecule has 1 nitrogen and oxygen atoms in total. The summed E-state index contributed by atoms with van der Waals surface area (Å²) in [7, 11) is 0. The van der Waals surface area contributed by atoms with Crippen LogP contribution in [0.4, 0.5) is 5.69 Å². The maximum atomic E-state index is 2.48. The molecule has 19 heavy (non-hydrogen) atoms. The monoisotopic (exact) mass is 258 g/mol. The van der Waals surface area contributed by atoms with Crippen molar-refractivity contribution in [2.75, 3.05) is 6.54 Å². The molecular weight excluding hydrogens is 230 g/mol. The van der Waals surface area contributed by atoms with Crippen molar-refractivity contribution in [3.63, 3.8) is 0 Å². The zero-order valence-corrected chi connectivity index (χ0v) is 13.4. The highest BCUT2D eigenvalue weighted by molar-refractivity contribution is 5.93. The predicted octanol–water partition coefficient (Wildman–Crippen LogP) is 4.69. The van der Waals surface area contributed by atoms with Gasteiger partial charge in [-0.15, -0.1) is 0 Å². The second-order valence-corrected chi connectivity index (χ2v) is 6.70. The average Bonchev–Trinajstić information content (AvgIpc) is 2.55. The van der Waals surface area contributed by atoms with Gasteiger partial charge in [-0.3, -0.25) is 0 Å². The summed E-state index contributed by atoms with van der Waals surface area (Å²) in [4.78, 5) is 0. The first-order chi connectivity index (χ1) is 8.89. The molecule has 0 atom stereocenters. The molecular formula is C18H28N+. The molecule has 2 rings (SSSR count). The van der Waals surface area contributed by atoms with Gasteiger partial charge in [-0.25, -0.2) is 0 Å². The smallest absolute Gasteiger partial charge is 0.199 e. The number of benzene rings is 1. The molecule has 1 aliphatic rings. The summed E-state index contributed by atoms with van der Waals surface area (Å²) < 4.78 is 2.48. The third-order valence-corrected chi connectivity index (χ3v) is 4.66. The fraction of sp³-hybridized carbons (Fsp3) is 0.611. The second-order valence-electron chi connectivity index (χ2n) is 6.70. The lowest BCUT2D eigenvalue weighted by Gasteiger charge is -2.19. The first kappa shape index (κ1) is 14.3. The van der Waals surface area contributed by atoms with E-state index in [1.54, 1.807) is 11.1 Å². The summed E-state index contributed by atoms with van der Waals surface area (Å²) in [6.07, 6.45) is 2.48. The Balaban J connectivity index is 2.48. The molecule has 0 aromatic heterocycles. The van der Waals surface area contributed by atoms with Crippen LogP contribution >= 0.6 is 0 Å².